The predicted octanol–water partition coefficient (Wildman–Crippen LogP) is 3.71. The van der Waals surface area contributed by atoms with Gasteiger partial charge in [0.25, 0.3) is 0 Å². The lowest BCUT2D eigenvalue weighted by molar-refractivity contribution is 0.475. The highest BCUT2D eigenvalue weighted by molar-refractivity contribution is 14.0. The van der Waals surface area contributed by atoms with Gasteiger partial charge in [-0.05, 0) is 29.1 Å². The number of thiophene rings is 1. The number of hydrogen-bond donors (Lipinski definition) is 1. The Morgan fingerprint density at radius 2 is 2.14 bits per heavy atom. The Balaban J connectivity index is 0.00000220. The first kappa shape index (κ1) is 17.9. The van der Waals surface area contributed by atoms with Crippen molar-refractivity contribution in [3.63, 3.8) is 0 Å². The fraction of sp³-hybridized carbons (Fsp3) is 0.267. The molecule has 21 heavy (non-hydrogen) atoms. The smallest absolute Gasteiger partial charge is 0.193 e. The Labute approximate surface area is 145 Å². The number of halogens is 2. The summed E-state index contributed by atoms with van der Waals surface area (Å²) in [5.74, 6) is 0.583. The molecule has 0 saturated carbocycles. The summed E-state index contributed by atoms with van der Waals surface area (Å²) in [7, 11) is 3.69. The van der Waals surface area contributed by atoms with Gasteiger partial charge in [0.15, 0.2) is 5.96 Å². The summed E-state index contributed by atoms with van der Waals surface area (Å²) in [6, 6.07) is 10.7. The van der Waals surface area contributed by atoms with Gasteiger partial charge in [-0.25, -0.2) is 4.39 Å². The van der Waals surface area contributed by atoms with Crippen LogP contribution in [-0.2, 0) is 13.1 Å². The molecule has 114 valence electrons. The summed E-state index contributed by atoms with van der Waals surface area (Å²) in [5.41, 5.74) is 0.923. The molecule has 1 heterocycles. The van der Waals surface area contributed by atoms with E-state index in [-0.39, 0.29) is 29.8 Å². The van der Waals surface area contributed by atoms with Gasteiger partial charge in [-0.3, -0.25) is 4.99 Å². The molecular formula is C15H19FIN3S. The Morgan fingerprint density at radius 3 is 2.76 bits per heavy atom. The van der Waals surface area contributed by atoms with E-state index in [1.54, 1.807) is 30.5 Å². The fourth-order valence-corrected chi connectivity index (χ4v) is 2.59. The zero-order valence-electron chi connectivity index (χ0n) is 12.0. The van der Waals surface area contributed by atoms with Crippen LogP contribution in [0.25, 0.3) is 0 Å². The Morgan fingerprint density at radius 1 is 1.33 bits per heavy atom. The van der Waals surface area contributed by atoms with E-state index in [0.717, 1.165) is 18.1 Å². The molecule has 2 aromatic rings. The van der Waals surface area contributed by atoms with Gasteiger partial charge >= 0.3 is 0 Å². The molecule has 0 aliphatic rings. The Kier molecular flexibility index (Phi) is 7.66. The van der Waals surface area contributed by atoms with Crippen LogP contribution in [0.15, 0.2) is 46.8 Å². The second kappa shape index (κ2) is 8.99. The van der Waals surface area contributed by atoms with Crippen molar-refractivity contribution in [1.82, 2.24) is 10.2 Å². The lowest BCUT2D eigenvalue weighted by Crippen LogP contribution is -2.37. The van der Waals surface area contributed by atoms with E-state index < -0.39 is 0 Å². The zero-order chi connectivity index (χ0) is 14.4. The van der Waals surface area contributed by atoms with E-state index in [9.17, 15) is 4.39 Å². The molecule has 3 nitrogen and oxygen atoms in total. The van der Waals surface area contributed by atoms with E-state index in [4.69, 9.17) is 0 Å². The third-order valence-corrected chi connectivity index (χ3v) is 3.76. The number of hydrogen-bond acceptors (Lipinski definition) is 2. The molecule has 0 fully saturated rings. The second-order valence-corrected chi connectivity index (χ2v) is 5.50. The molecule has 0 amide bonds. The first-order valence-corrected chi connectivity index (χ1v) is 7.25. The molecule has 0 radical (unpaired) electrons. The normalized spacial score (nSPS) is 10.9. The molecule has 0 aliphatic heterocycles. The van der Waals surface area contributed by atoms with Crippen LogP contribution in [0.3, 0.4) is 0 Å². The molecule has 1 N–H and O–H groups in total. The van der Waals surface area contributed by atoms with Crippen LogP contribution in [0.2, 0.25) is 0 Å². The van der Waals surface area contributed by atoms with E-state index in [0.29, 0.717) is 6.54 Å². The lowest BCUT2D eigenvalue weighted by atomic mass is 10.2. The average Bonchev–Trinajstić information content (AvgIpc) is 2.92. The topological polar surface area (TPSA) is 27.6 Å². The fourth-order valence-electron chi connectivity index (χ4n) is 1.95. The SMILES string of the molecule is CN=C(NCc1cccs1)N(C)Cc1cccc(F)c1.I. The van der Waals surface area contributed by atoms with Crippen molar-refractivity contribution in [1.29, 1.82) is 0 Å². The molecule has 0 unspecified atom stereocenters. The van der Waals surface area contributed by atoms with Gasteiger partial charge in [-0.15, -0.1) is 35.3 Å². The number of guanidine groups is 1. The molecular weight excluding hydrogens is 400 g/mol. The minimum Gasteiger partial charge on any atom is -0.351 e. The van der Waals surface area contributed by atoms with Crippen LogP contribution in [-0.4, -0.2) is 25.0 Å². The molecule has 2 rings (SSSR count). The molecule has 0 bridgehead atoms. The van der Waals surface area contributed by atoms with Crippen molar-refractivity contribution in [2.75, 3.05) is 14.1 Å². The van der Waals surface area contributed by atoms with Crippen molar-refractivity contribution < 1.29 is 4.39 Å². The summed E-state index contributed by atoms with van der Waals surface area (Å²) in [6.45, 7) is 1.36. The Hall–Kier alpha value is -1.15. The molecule has 0 aliphatic carbocycles. The summed E-state index contributed by atoms with van der Waals surface area (Å²) < 4.78 is 13.2. The van der Waals surface area contributed by atoms with Gasteiger partial charge in [0.05, 0.1) is 6.54 Å². The van der Waals surface area contributed by atoms with Crippen LogP contribution in [0.5, 0.6) is 0 Å². The molecule has 1 aromatic heterocycles. The van der Waals surface area contributed by atoms with Crippen molar-refractivity contribution in [3.8, 4) is 0 Å². The second-order valence-electron chi connectivity index (χ2n) is 4.47. The number of aliphatic imine (C=N–C) groups is 1. The largest absolute Gasteiger partial charge is 0.351 e. The number of rotatable bonds is 4. The predicted molar refractivity (Wildman–Crippen MR) is 97.8 cm³/mol. The van der Waals surface area contributed by atoms with Gasteiger partial charge in [0.2, 0.25) is 0 Å². The molecule has 6 heteroatoms. The van der Waals surface area contributed by atoms with E-state index in [2.05, 4.69) is 21.8 Å². The van der Waals surface area contributed by atoms with Gasteiger partial charge in [-0.2, -0.15) is 0 Å². The maximum absolute atomic E-state index is 13.2. The quantitative estimate of drug-likeness (QED) is 0.465. The number of nitrogens with zero attached hydrogens (tertiary/aromatic N) is 2. The maximum atomic E-state index is 13.2. The van der Waals surface area contributed by atoms with Crippen LogP contribution in [0.4, 0.5) is 4.39 Å². The summed E-state index contributed by atoms with van der Waals surface area (Å²) in [6.07, 6.45) is 0. The molecule has 0 atom stereocenters. The minimum absolute atomic E-state index is 0. The highest BCUT2D eigenvalue weighted by Crippen LogP contribution is 2.09. The molecule has 0 spiro atoms. The minimum atomic E-state index is -0.211. The standard InChI is InChI=1S/C15H18FN3S.HI/c1-17-15(18-10-14-7-4-8-20-14)19(2)11-12-5-3-6-13(16)9-12;/h3-9H,10-11H2,1-2H3,(H,17,18);1H. The highest BCUT2D eigenvalue weighted by Gasteiger charge is 2.07. The maximum Gasteiger partial charge on any atom is 0.193 e. The zero-order valence-corrected chi connectivity index (χ0v) is 15.2. The summed E-state index contributed by atoms with van der Waals surface area (Å²) >= 11 is 1.71. The van der Waals surface area contributed by atoms with Crippen LogP contribution < -0.4 is 5.32 Å². The third kappa shape index (κ3) is 5.62. The van der Waals surface area contributed by atoms with E-state index >= 15 is 0 Å². The number of nitrogens with one attached hydrogen (secondary N) is 1. The van der Waals surface area contributed by atoms with Crippen molar-refractivity contribution in [2.45, 2.75) is 13.1 Å². The van der Waals surface area contributed by atoms with E-state index in [1.165, 1.54) is 10.9 Å². The summed E-state index contributed by atoms with van der Waals surface area (Å²) in [4.78, 5) is 7.48. The third-order valence-electron chi connectivity index (χ3n) is 2.88. The van der Waals surface area contributed by atoms with Crippen LogP contribution in [0.1, 0.15) is 10.4 Å². The summed E-state index contributed by atoms with van der Waals surface area (Å²) in [5, 5.41) is 5.35. The molecule has 0 saturated heterocycles. The lowest BCUT2D eigenvalue weighted by Gasteiger charge is -2.22. The van der Waals surface area contributed by atoms with Crippen molar-refractivity contribution >= 4 is 41.3 Å². The van der Waals surface area contributed by atoms with Crippen LogP contribution >= 0.6 is 35.3 Å². The first-order chi connectivity index (χ1) is 9.69. The molecule has 1 aromatic carbocycles. The van der Waals surface area contributed by atoms with Gasteiger partial charge in [0.1, 0.15) is 5.82 Å². The highest BCUT2D eigenvalue weighted by atomic mass is 127. The number of benzene rings is 1. The van der Waals surface area contributed by atoms with E-state index in [1.807, 2.05) is 24.1 Å². The van der Waals surface area contributed by atoms with Gasteiger partial charge in [-0.1, -0.05) is 18.2 Å². The monoisotopic (exact) mass is 419 g/mol. The van der Waals surface area contributed by atoms with Crippen molar-refractivity contribution in [3.05, 3.63) is 58.0 Å². The average molecular weight is 419 g/mol. The van der Waals surface area contributed by atoms with Crippen LogP contribution in [0, 0.1) is 5.82 Å². The van der Waals surface area contributed by atoms with Gasteiger partial charge in [0, 0.05) is 25.5 Å². The van der Waals surface area contributed by atoms with Gasteiger partial charge < -0.3 is 10.2 Å². The first-order valence-electron chi connectivity index (χ1n) is 6.37. The Bertz CT molecular complexity index is 572. The van der Waals surface area contributed by atoms with Crippen molar-refractivity contribution in [2.24, 2.45) is 4.99 Å².